The maximum Gasteiger partial charge on any atom is 0.213 e. The van der Waals surface area contributed by atoms with Crippen molar-refractivity contribution in [3.63, 3.8) is 0 Å². The van der Waals surface area contributed by atoms with Gasteiger partial charge in [-0.15, -0.1) is 0 Å². The molecule has 0 unspecified atom stereocenters. The van der Waals surface area contributed by atoms with Gasteiger partial charge in [-0.1, -0.05) is 0 Å². The molecule has 4 nitrogen and oxygen atoms in total. The molecule has 0 amide bonds. The lowest BCUT2D eigenvalue weighted by Crippen LogP contribution is -2.35. The fourth-order valence-corrected chi connectivity index (χ4v) is 1.80. The van der Waals surface area contributed by atoms with Crippen LogP contribution in [-0.4, -0.2) is 36.4 Å². The van der Waals surface area contributed by atoms with Crippen molar-refractivity contribution in [3.05, 3.63) is 18.3 Å². The zero-order valence-electron chi connectivity index (χ0n) is 8.89. The van der Waals surface area contributed by atoms with E-state index in [1.54, 1.807) is 7.11 Å². The van der Waals surface area contributed by atoms with E-state index in [9.17, 15) is 5.11 Å². The fraction of sp³-hybridized carbons (Fsp3) is 0.545. The van der Waals surface area contributed by atoms with Gasteiger partial charge in [-0.3, -0.25) is 0 Å². The fourth-order valence-electron chi connectivity index (χ4n) is 1.80. The number of nitrogens with zero attached hydrogens (tertiary/aromatic N) is 2. The number of aliphatic hydroxyl groups is 1. The highest BCUT2D eigenvalue weighted by atomic mass is 16.5. The van der Waals surface area contributed by atoms with E-state index in [0.717, 1.165) is 31.6 Å². The normalized spacial score (nSPS) is 17.9. The van der Waals surface area contributed by atoms with Crippen LogP contribution in [0.2, 0.25) is 0 Å². The van der Waals surface area contributed by atoms with Gasteiger partial charge < -0.3 is 14.7 Å². The Morgan fingerprint density at radius 2 is 2.13 bits per heavy atom. The first-order valence-corrected chi connectivity index (χ1v) is 5.22. The number of ether oxygens (including phenoxy) is 1. The zero-order chi connectivity index (χ0) is 10.7. The molecule has 1 aliphatic rings. The largest absolute Gasteiger partial charge is 0.481 e. The van der Waals surface area contributed by atoms with E-state index in [0.29, 0.717) is 5.88 Å². The molecule has 1 aromatic heterocycles. The van der Waals surface area contributed by atoms with Crippen molar-refractivity contribution in [3.8, 4) is 5.88 Å². The molecule has 0 bridgehead atoms. The Hall–Kier alpha value is -1.29. The van der Waals surface area contributed by atoms with Gasteiger partial charge in [-0.25, -0.2) is 4.98 Å². The van der Waals surface area contributed by atoms with Crippen molar-refractivity contribution in [2.45, 2.75) is 18.9 Å². The Kier molecular flexibility index (Phi) is 3.06. The van der Waals surface area contributed by atoms with Gasteiger partial charge in [0, 0.05) is 19.2 Å². The van der Waals surface area contributed by atoms with Crippen molar-refractivity contribution < 1.29 is 9.84 Å². The first kappa shape index (κ1) is 10.2. The molecule has 0 aliphatic carbocycles. The van der Waals surface area contributed by atoms with Crippen LogP contribution >= 0.6 is 0 Å². The third kappa shape index (κ3) is 2.39. The number of pyridine rings is 1. The van der Waals surface area contributed by atoms with Crippen molar-refractivity contribution in [1.82, 2.24) is 4.98 Å². The smallest absolute Gasteiger partial charge is 0.213 e. The molecule has 1 fully saturated rings. The molecule has 1 aromatic rings. The minimum absolute atomic E-state index is 0.132. The monoisotopic (exact) mass is 208 g/mol. The summed E-state index contributed by atoms with van der Waals surface area (Å²) in [4.78, 5) is 6.40. The van der Waals surface area contributed by atoms with Crippen LogP contribution in [0.3, 0.4) is 0 Å². The number of rotatable bonds is 2. The van der Waals surface area contributed by atoms with E-state index in [1.165, 1.54) is 0 Å². The maximum atomic E-state index is 9.39. The Balaban J connectivity index is 2.03. The molecule has 1 N–H and O–H groups in total. The van der Waals surface area contributed by atoms with Crippen molar-refractivity contribution >= 4 is 5.69 Å². The third-order valence-corrected chi connectivity index (χ3v) is 2.76. The molecule has 4 heteroatoms. The predicted octanol–water partition coefficient (Wildman–Crippen LogP) is 1.05. The topological polar surface area (TPSA) is 45.6 Å². The summed E-state index contributed by atoms with van der Waals surface area (Å²) in [5, 5.41) is 9.39. The van der Waals surface area contributed by atoms with Crippen molar-refractivity contribution in [2.75, 3.05) is 25.1 Å². The summed E-state index contributed by atoms with van der Waals surface area (Å²) in [6.07, 6.45) is 3.36. The van der Waals surface area contributed by atoms with Crippen LogP contribution in [0.4, 0.5) is 5.69 Å². The van der Waals surface area contributed by atoms with Crippen molar-refractivity contribution in [2.24, 2.45) is 0 Å². The summed E-state index contributed by atoms with van der Waals surface area (Å²) in [5.41, 5.74) is 1.10. The highest BCUT2D eigenvalue weighted by molar-refractivity contribution is 5.45. The average Bonchev–Trinajstić information content (AvgIpc) is 2.30. The molecule has 0 atom stereocenters. The quantitative estimate of drug-likeness (QED) is 0.789. The van der Waals surface area contributed by atoms with Gasteiger partial charge in [0.25, 0.3) is 0 Å². The summed E-state index contributed by atoms with van der Waals surface area (Å²) in [6.45, 7) is 1.80. The second kappa shape index (κ2) is 4.49. The molecule has 0 radical (unpaired) electrons. The van der Waals surface area contributed by atoms with Gasteiger partial charge in [0.1, 0.15) is 0 Å². The van der Waals surface area contributed by atoms with Crippen LogP contribution in [0.15, 0.2) is 18.3 Å². The Bertz CT molecular complexity index is 305. The van der Waals surface area contributed by atoms with E-state index >= 15 is 0 Å². The number of hydrogen-bond acceptors (Lipinski definition) is 4. The van der Waals surface area contributed by atoms with E-state index < -0.39 is 0 Å². The summed E-state index contributed by atoms with van der Waals surface area (Å²) in [5.74, 6) is 0.635. The lowest BCUT2D eigenvalue weighted by atomic mass is 10.1. The molecule has 1 saturated heterocycles. The number of anilines is 1. The number of methoxy groups -OCH3 is 1. The average molecular weight is 208 g/mol. The highest BCUT2D eigenvalue weighted by Gasteiger charge is 2.17. The zero-order valence-corrected chi connectivity index (χ0v) is 8.89. The lowest BCUT2D eigenvalue weighted by molar-refractivity contribution is 0.145. The van der Waals surface area contributed by atoms with Gasteiger partial charge >= 0.3 is 0 Å². The molecule has 0 aromatic carbocycles. The molecule has 15 heavy (non-hydrogen) atoms. The van der Waals surface area contributed by atoms with Crippen LogP contribution in [0, 0.1) is 0 Å². The molecular formula is C11H16N2O2. The minimum Gasteiger partial charge on any atom is -0.481 e. The Labute approximate surface area is 89.5 Å². The van der Waals surface area contributed by atoms with E-state index in [2.05, 4.69) is 9.88 Å². The van der Waals surface area contributed by atoms with Gasteiger partial charge in [0.15, 0.2) is 0 Å². The summed E-state index contributed by atoms with van der Waals surface area (Å²) in [6, 6.07) is 3.86. The second-order valence-electron chi connectivity index (χ2n) is 3.78. The number of aromatic nitrogens is 1. The first-order valence-electron chi connectivity index (χ1n) is 5.22. The van der Waals surface area contributed by atoms with Crippen LogP contribution in [-0.2, 0) is 0 Å². The standard InChI is InChI=1S/C11H16N2O2/c1-15-11-3-2-9(8-12-11)13-6-4-10(14)5-7-13/h2-3,8,10,14H,4-7H2,1H3. The van der Waals surface area contributed by atoms with E-state index in [1.807, 2.05) is 18.3 Å². The van der Waals surface area contributed by atoms with Gasteiger partial charge in [0.2, 0.25) is 5.88 Å². The second-order valence-corrected chi connectivity index (χ2v) is 3.78. The molecule has 0 saturated carbocycles. The number of piperidine rings is 1. The summed E-state index contributed by atoms with van der Waals surface area (Å²) < 4.78 is 5.00. The molecule has 0 spiro atoms. The minimum atomic E-state index is -0.132. The summed E-state index contributed by atoms with van der Waals surface area (Å²) >= 11 is 0. The molecular weight excluding hydrogens is 192 g/mol. The van der Waals surface area contributed by atoms with Crippen molar-refractivity contribution in [1.29, 1.82) is 0 Å². The van der Waals surface area contributed by atoms with Crippen LogP contribution < -0.4 is 9.64 Å². The number of aliphatic hydroxyl groups excluding tert-OH is 1. The van der Waals surface area contributed by atoms with Gasteiger partial charge in [-0.05, 0) is 18.9 Å². The molecule has 2 heterocycles. The van der Waals surface area contributed by atoms with Gasteiger partial charge in [-0.2, -0.15) is 0 Å². The first-order chi connectivity index (χ1) is 7.29. The Morgan fingerprint density at radius 1 is 1.40 bits per heavy atom. The molecule has 82 valence electrons. The van der Waals surface area contributed by atoms with E-state index in [-0.39, 0.29) is 6.10 Å². The van der Waals surface area contributed by atoms with E-state index in [4.69, 9.17) is 4.74 Å². The predicted molar refractivity (Wildman–Crippen MR) is 58.2 cm³/mol. The van der Waals surface area contributed by atoms with Crippen LogP contribution in [0.5, 0.6) is 5.88 Å². The van der Waals surface area contributed by atoms with Crippen LogP contribution in [0.25, 0.3) is 0 Å². The lowest BCUT2D eigenvalue weighted by Gasteiger charge is -2.31. The maximum absolute atomic E-state index is 9.39. The number of hydrogen-bond donors (Lipinski definition) is 1. The summed E-state index contributed by atoms with van der Waals surface area (Å²) in [7, 11) is 1.61. The van der Waals surface area contributed by atoms with Crippen LogP contribution in [0.1, 0.15) is 12.8 Å². The molecule has 2 rings (SSSR count). The Morgan fingerprint density at radius 3 is 2.67 bits per heavy atom. The SMILES string of the molecule is COc1ccc(N2CCC(O)CC2)cn1. The van der Waals surface area contributed by atoms with Gasteiger partial charge in [0.05, 0.1) is 25.1 Å². The molecule has 1 aliphatic heterocycles. The third-order valence-electron chi connectivity index (χ3n) is 2.76. The highest BCUT2D eigenvalue weighted by Crippen LogP contribution is 2.20.